The van der Waals surface area contributed by atoms with Gasteiger partial charge in [-0.15, -0.1) is 0 Å². The highest BCUT2D eigenvalue weighted by atomic mass is 35.5. The molecule has 0 amide bonds. The number of aromatic carboxylic acids is 1. The fourth-order valence-corrected chi connectivity index (χ4v) is 5.81. The summed E-state index contributed by atoms with van der Waals surface area (Å²) < 4.78 is 39.0. The minimum Gasteiger partial charge on any atom is -0.478 e. The molecule has 204 valence electrons. The van der Waals surface area contributed by atoms with Gasteiger partial charge in [-0.3, -0.25) is 4.31 Å². The average Bonchev–Trinajstić information content (AvgIpc) is 3.31. The zero-order valence-corrected chi connectivity index (χ0v) is 23.8. The standard InChI is InChI=1S/C27H25Cl2N3O6S/c1-15(2)26-19(25(31-38-26)24-20(28)6-5-7-21(24)29)14-37-23-13-12-22(16(3)30-23)32(4)39(35,36)18-10-8-17(9-11-18)27(33)34/h5-13,15H,14H2,1-4H3,(H,33,34). The molecule has 4 aromatic rings. The topological polar surface area (TPSA) is 123 Å². The second kappa shape index (κ2) is 11.3. The Kier molecular flexibility index (Phi) is 8.20. The predicted molar refractivity (Wildman–Crippen MR) is 148 cm³/mol. The highest BCUT2D eigenvalue weighted by Gasteiger charge is 2.26. The van der Waals surface area contributed by atoms with Crippen LogP contribution in [0.5, 0.6) is 5.88 Å². The van der Waals surface area contributed by atoms with E-state index in [4.69, 9.17) is 37.6 Å². The van der Waals surface area contributed by atoms with Crippen molar-refractivity contribution >= 4 is 44.9 Å². The second-order valence-corrected chi connectivity index (χ2v) is 11.8. The molecule has 12 heteroatoms. The van der Waals surface area contributed by atoms with Crippen LogP contribution < -0.4 is 9.04 Å². The molecule has 39 heavy (non-hydrogen) atoms. The van der Waals surface area contributed by atoms with Gasteiger partial charge in [0.05, 0.1) is 37.4 Å². The number of ether oxygens (including phenoxy) is 1. The number of halogens is 2. The molecule has 0 bridgehead atoms. The highest BCUT2D eigenvalue weighted by molar-refractivity contribution is 7.92. The van der Waals surface area contributed by atoms with Crippen LogP contribution in [0, 0.1) is 6.92 Å². The molecule has 9 nitrogen and oxygen atoms in total. The third-order valence-corrected chi connectivity index (χ3v) is 8.45. The summed E-state index contributed by atoms with van der Waals surface area (Å²) in [6, 6.07) is 13.3. The smallest absolute Gasteiger partial charge is 0.335 e. The summed E-state index contributed by atoms with van der Waals surface area (Å²) in [6.45, 7) is 5.65. The lowest BCUT2D eigenvalue weighted by molar-refractivity contribution is 0.0696. The lowest BCUT2D eigenvalue weighted by Gasteiger charge is -2.21. The van der Waals surface area contributed by atoms with Crippen molar-refractivity contribution in [3.05, 3.63) is 87.2 Å². The second-order valence-electron chi connectivity index (χ2n) is 8.97. The molecule has 0 saturated carbocycles. The molecular formula is C27H25Cl2N3O6S. The number of carboxylic acids is 1. The molecule has 4 rings (SSSR count). The number of carboxylic acid groups (broad SMARTS) is 1. The van der Waals surface area contributed by atoms with E-state index in [-0.39, 0.29) is 28.9 Å². The molecule has 2 aromatic carbocycles. The lowest BCUT2D eigenvalue weighted by Crippen LogP contribution is -2.27. The van der Waals surface area contributed by atoms with Gasteiger partial charge < -0.3 is 14.4 Å². The van der Waals surface area contributed by atoms with Gasteiger partial charge in [-0.25, -0.2) is 18.2 Å². The van der Waals surface area contributed by atoms with Gasteiger partial charge in [0.25, 0.3) is 10.0 Å². The lowest BCUT2D eigenvalue weighted by atomic mass is 10.0. The number of rotatable bonds is 9. The van der Waals surface area contributed by atoms with Gasteiger partial charge >= 0.3 is 5.97 Å². The number of aryl methyl sites for hydroxylation is 1. The molecule has 2 heterocycles. The van der Waals surface area contributed by atoms with Gasteiger partial charge in [-0.1, -0.05) is 48.3 Å². The van der Waals surface area contributed by atoms with Crippen molar-refractivity contribution in [3.8, 4) is 17.1 Å². The van der Waals surface area contributed by atoms with Crippen LogP contribution >= 0.6 is 23.2 Å². The van der Waals surface area contributed by atoms with Gasteiger partial charge in [-0.2, -0.15) is 0 Å². The molecule has 0 atom stereocenters. The van der Waals surface area contributed by atoms with E-state index >= 15 is 0 Å². The summed E-state index contributed by atoms with van der Waals surface area (Å²) in [7, 11) is -2.56. The van der Waals surface area contributed by atoms with Gasteiger partial charge in [0, 0.05) is 24.6 Å². The molecule has 0 aliphatic rings. The molecule has 0 aliphatic carbocycles. The number of hydrogen-bond acceptors (Lipinski definition) is 7. The molecule has 2 aromatic heterocycles. The molecule has 0 fully saturated rings. The van der Waals surface area contributed by atoms with Crippen LogP contribution in [-0.2, 0) is 16.6 Å². The van der Waals surface area contributed by atoms with Crippen molar-refractivity contribution in [1.82, 2.24) is 10.1 Å². The van der Waals surface area contributed by atoms with Crippen molar-refractivity contribution in [3.63, 3.8) is 0 Å². The third-order valence-electron chi connectivity index (χ3n) is 6.04. The Balaban J connectivity index is 1.59. The summed E-state index contributed by atoms with van der Waals surface area (Å²) in [5, 5.41) is 14.1. The van der Waals surface area contributed by atoms with E-state index in [0.717, 1.165) is 4.31 Å². The minimum absolute atomic E-state index is 0.00612. The van der Waals surface area contributed by atoms with Gasteiger partial charge in [0.15, 0.2) is 0 Å². The first-order chi connectivity index (χ1) is 18.4. The maximum Gasteiger partial charge on any atom is 0.335 e. The van der Waals surface area contributed by atoms with E-state index in [1.165, 1.54) is 31.3 Å². The number of anilines is 1. The molecular weight excluding hydrogens is 565 g/mol. The number of aromatic nitrogens is 2. The summed E-state index contributed by atoms with van der Waals surface area (Å²) in [5.41, 5.74) is 2.42. The summed E-state index contributed by atoms with van der Waals surface area (Å²) >= 11 is 12.8. The first-order valence-electron chi connectivity index (χ1n) is 11.8. The SMILES string of the molecule is Cc1nc(OCc2c(-c3c(Cl)cccc3Cl)noc2C(C)C)ccc1N(C)S(=O)(=O)c1ccc(C(=O)O)cc1. The third kappa shape index (κ3) is 5.73. The highest BCUT2D eigenvalue weighted by Crippen LogP contribution is 2.39. The predicted octanol–water partition coefficient (Wildman–Crippen LogP) is 6.58. The zero-order valence-electron chi connectivity index (χ0n) is 21.5. The van der Waals surface area contributed by atoms with Gasteiger partial charge in [0.1, 0.15) is 18.1 Å². The van der Waals surface area contributed by atoms with E-state index < -0.39 is 16.0 Å². The Labute approximate surface area is 236 Å². The van der Waals surface area contributed by atoms with Crippen molar-refractivity contribution in [2.45, 2.75) is 38.2 Å². The molecule has 0 saturated heterocycles. The van der Waals surface area contributed by atoms with Crippen molar-refractivity contribution < 1.29 is 27.6 Å². The van der Waals surface area contributed by atoms with Crippen molar-refractivity contribution in [2.75, 3.05) is 11.4 Å². The quantitative estimate of drug-likeness (QED) is 0.232. The van der Waals surface area contributed by atoms with Crippen LogP contribution in [0.15, 0.2) is 64.0 Å². The van der Waals surface area contributed by atoms with Gasteiger partial charge in [0.2, 0.25) is 5.88 Å². The maximum atomic E-state index is 13.1. The van der Waals surface area contributed by atoms with Crippen LogP contribution in [0.3, 0.4) is 0 Å². The van der Waals surface area contributed by atoms with Crippen molar-refractivity contribution in [2.24, 2.45) is 0 Å². The van der Waals surface area contributed by atoms with Crippen LogP contribution in [0.2, 0.25) is 10.0 Å². The molecule has 1 N–H and O–H groups in total. The normalized spacial score (nSPS) is 11.6. The van der Waals surface area contributed by atoms with Crippen LogP contribution in [0.25, 0.3) is 11.3 Å². The average molecular weight is 590 g/mol. The van der Waals surface area contributed by atoms with E-state index in [0.29, 0.717) is 44.0 Å². The number of carbonyl (C=O) groups is 1. The van der Waals surface area contributed by atoms with E-state index in [2.05, 4.69) is 10.1 Å². The van der Waals surface area contributed by atoms with E-state index in [1.54, 1.807) is 37.3 Å². The Hall–Kier alpha value is -3.60. The molecule has 0 unspecified atom stereocenters. The monoisotopic (exact) mass is 589 g/mol. The molecule has 0 spiro atoms. The van der Waals surface area contributed by atoms with Crippen molar-refractivity contribution in [1.29, 1.82) is 0 Å². The number of pyridine rings is 1. The number of sulfonamides is 1. The van der Waals surface area contributed by atoms with E-state index in [1.807, 2.05) is 13.8 Å². The summed E-state index contributed by atoms with van der Waals surface area (Å²) in [5.74, 6) is -0.252. The maximum absolute atomic E-state index is 13.1. The van der Waals surface area contributed by atoms with E-state index in [9.17, 15) is 13.2 Å². The first kappa shape index (κ1) is 28.4. The molecule has 0 radical (unpaired) electrons. The Morgan fingerprint density at radius 2 is 1.72 bits per heavy atom. The largest absolute Gasteiger partial charge is 0.478 e. The summed E-state index contributed by atoms with van der Waals surface area (Å²) in [6.07, 6.45) is 0. The van der Waals surface area contributed by atoms with Crippen LogP contribution in [0.1, 0.15) is 47.1 Å². The minimum atomic E-state index is -3.96. The van der Waals surface area contributed by atoms with Crippen LogP contribution in [0.4, 0.5) is 5.69 Å². The molecule has 0 aliphatic heterocycles. The van der Waals surface area contributed by atoms with Crippen LogP contribution in [-0.4, -0.2) is 36.7 Å². The summed E-state index contributed by atoms with van der Waals surface area (Å²) in [4.78, 5) is 15.5. The zero-order chi connectivity index (χ0) is 28.5. The number of benzene rings is 2. The first-order valence-corrected chi connectivity index (χ1v) is 14.0. The Morgan fingerprint density at radius 1 is 1.08 bits per heavy atom. The fourth-order valence-electron chi connectivity index (χ4n) is 3.98. The van der Waals surface area contributed by atoms with Gasteiger partial charge in [-0.05, 0) is 49.4 Å². The number of hydrogen-bond donors (Lipinski definition) is 1. The Morgan fingerprint density at radius 3 is 2.28 bits per heavy atom. The Bertz CT molecular complexity index is 1620. The fraction of sp³-hybridized carbons (Fsp3) is 0.222. The number of nitrogens with zero attached hydrogens (tertiary/aromatic N) is 3.